The Balaban J connectivity index is 2.13. The van der Waals surface area contributed by atoms with Crippen LogP contribution in [0, 0.1) is 5.41 Å². The fourth-order valence-electron chi connectivity index (χ4n) is 3.28. The van der Waals surface area contributed by atoms with Crippen LogP contribution < -0.4 is 5.32 Å². The number of carbonyl (C=O) groups excluding carboxylic acids is 2. The third kappa shape index (κ3) is 2.52. The van der Waals surface area contributed by atoms with Crippen molar-refractivity contribution in [2.24, 2.45) is 5.41 Å². The van der Waals surface area contributed by atoms with Crippen LogP contribution >= 0.6 is 11.6 Å². The summed E-state index contributed by atoms with van der Waals surface area (Å²) in [6.07, 6.45) is 1.21. The Bertz CT molecular complexity index is 694. The van der Waals surface area contributed by atoms with Gasteiger partial charge in [0.15, 0.2) is 5.78 Å². The highest BCUT2D eigenvalue weighted by Crippen LogP contribution is 2.43. The number of Topliss-reactive ketones (excluding diaryl/α,β-unsaturated/α-hetero) is 1. The number of hydrogen-bond acceptors (Lipinski definition) is 2. The van der Waals surface area contributed by atoms with E-state index in [0.29, 0.717) is 17.0 Å². The number of nitrogens with one attached hydrogen (secondary N) is 1. The lowest BCUT2D eigenvalue weighted by Crippen LogP contribution is -2.49. The van der Waals surface area contributed by atoms with Crippen molar-refractivity contribution in [3.05, 3.63) is 46.1 Å². The van der Waals surface area contributed by atoms with E-state index in [9.17, 15) is 9.59 Å². The van der Waals surface area contributed by atoms with Gasteiger partial charge in [0.1, 0.15) is 0 Å². The summed E-state index contributed by atoms with van der Waals surface area (Å²) < 4.78 is 0. The van der Waals surface area contributed by atoms with Gasteiger partial charge in [-0.25, -0.2) is 4.79 Å². The van der Waals surface area contributed by atoms with Crippen LogP contribution in [0.25, 0.3) is 0 Å². The summed E-state index contributed by atoms with van der Waals surface area (Å²) in [5, 5.41) is 3.51. The minimum atomic E-state index is -0.416. The number of halogens is 1. The molecule has 1 heterocycles. The van der Waals surface area contributed by atoms with Crippen molar-refractivity contribution in [1.82, 2.24) is 10.2 Å². The molecule has 2 aliphatic rings. The summed E-state index contributed by atoms with van der Waals surface area (Å²) in [5.74, 6) is 0.100. The van der Waals surface area contributed by atoms with Crippen LogP contribution in [0.15, 0.2) is 35.5 Å². The van der Waals surface area contributed by atoms with Crippen LogP contribution in [0.5, 0.6) is 0 Å². The van der Waals surface area contributed by atoms with E-state index in [1.807, 2.05) is 12.1 Å². The minimum absolute atomic E-state index is 0.100. The second-order valence-corrected chi connectivity index (χ2v) is 7.23. The van der Waals surface area contributed by atoms with E-state index in [-0.39, 0.29) is 17.2 Å². The molecule has 3 rings (SSSR count). The zero-order valence-electron chi connectivity index (χ0n) is 12.9. The summed E-state index contributed by atoms with van der Waals surface area (Å²) in [6, 6.07) is 6.70. The van der Waals surface area contributed by atoms with Crippen LogP contribution in [0.2, 0.25) is 5.02 Å². The predicted octanol–water partition coefficient (Wildman–Crippen LogP) is 3.68. The molecule has 1 aromatic carbocycles. The minimum Gasteiger partial charge on any atom is -0.327 e. The standard InChI is InChI=1S/C17H19ClN2O2/c1-17(2)8-12-14(13(21)9-17)15(19-16(22)20(12)3)10-5-4-6-11(18)7-10/h4-7,15H,8-9H2,1-3H3,(H,19,22)/t15-/m0/s1. The maximum absolute atomic E-state index is 12.7. The lowest BCUT2D eigenvalue weighted by Gasteiger charge is -2.42. The first-order valence-corrected chi connectivity index (χ1v) is 7.72. The van der Waals surface area contributed by atoms with Gasteiger partial charge >= 0.3 is 6.03 Å². The number of hydrogen-bond donors (Lipinski definition) is 1. The summed E-state index contributed by atoms with van der Waals surface area (Å²) in [6.45, 7) is 4.12. The van der Waals surface area contributed by atoms with E-state index in [1.165, 1.54) is 0 Å². The van der Waals surface area contributed by atoms with Crippen molar-refractivity contribution in [3.8, 4) is 0 Å². The van der Waals surface area contributed by atoms with Crippen LogP contribution in [0.3, 0.4) is 0 Å². The lowest BCUT2D eigenvalue weighted by atomic mass is 9.72. The summed E-state index contributed by atoms with van der Waals surface area (Å²) in [7, 11) is 1.72. The van der Waals surface area contributed by atoms with Gasteiger partial charge in [-0.2, -0.15) is 0 Å². The zero-order chi connectivity index (χ0) is 16.1. The third-order valence-corrected chi connectivity index (χ3v) is 4.58. The summed E-state index contributed by atoms with van der Waals surface area (Å²) >= 11 is 6.06. The predicted molar refractivity (Wildman–Crippen MR) is 85.5 cm³/mol. The molecule has 0 saturated heterocycles. The van der Waals surface area contributed by atoms with Crippen LogP contribution in [0.1, 0.15) is 38.3 Å². The van der Waals surface area contributed by atoms with Gasteiger partial charge in [0.2, 0.25) is 0 Å². The van der Waals surface area contributed by atoms with E-state index in [0.717, 1.165) is 17.7 Å². The Morgan fingerprint density at radius 2 is 2.00 bits per heavy atom. The number of urea groups is 1. The smallest absolute Gasteiger partial charge is 0.322 e. The number of benzene rings is 1. The first-order chi connectivity index (χ1) is 10.3. The third-order valence-electron chi connectivity index (χ3n) is 4.34. The number of ketones is 1. The molecule has 1 aliphatic carbocycles. The molecule has 2 amide bonds. The van der Waals surface area contributed by atoms with Gasteiger partial charge in [-0.15, -0.1) is 0 Å². The molecule has 4 nitrogen and oxygen atoms in total. The Morgan fingerprint density at radius 3 is 2.68 bits per heavy atom. The SMILES string of the molecule is CN1C(=O)N[C@@H](c2cccc(Cl)c2)C2=C1CC(C)(C)CC2=O. The Kier molecular flexibility index (Phi) is 3.52. The van der Waals surface area contributed by atoms with Crippen LogP contribution in [-0.4, -0.2) is 23.8 Å². The molecule has 1 atom stereocenters. The van der Waals surface area contributed by atoms with Crippen LogP contribution in [-0.2, 0) is 4.79 Å². The second kappa shape index (κ2) is 5.13. The summed E-state index contributed by atoms with van der Waals surface area (Å²) in [4.78, 5) is 26.5. The lowest BCUT2D eigenvalue weighted by molar-refractivity contribution is -0.118. The maximum Gasteiger partial charge on any atom is 0.322 e. The van der Waals surface area contributed by atoms with Gasteiger partial charge in [0.25, 0.3) is 0 Å². The van der Waals surface area contributed by atoms with Crippen molar-refractivity contribution in [2.75, 3.05) is 7.05 Å². The molecule has 0 aromatic heterocycles. The first kappa shape index (κ1) is 15.1. The highest BCUT2D eigenvalue weighted by atomic mass is 35.5. The molecule has 1 aromatic rings. The number of nitrogens with zero attached hydrogens (tertiary/aromatic N) is 1. The average molecular weight is 319 g/mol. The fraction of sp³-hybridized carbons (Fsp3) is 0.412. The largest absolute Gasteiger partial charge is 0.327 e. The molecular weight excluding hydrogens is 300 g/mol. The molecule has 116 valence electrons. The average Bonchev–Trinajstić information content (AvgIpc) is 2.42. The van der Waals surface area contributed by atoms with E-state index < -0.39 is 6.04 Å². The number of allylic oxidation sites excluding steroid dienone is 1. The quantitative estimate of drug-likeness (QED) is 0.858. The molecule has 0 unspecified atom stereocenters. The van der Waals surface area contributed by atoms with Crippen LogP contribution in [0.4, 0.5) is 4.79 Å². The molecule has 5 heteroatoms. The van der Waals surface area contributed by atoms with Crippen molar-refractivity contribution in [2.45, 2.75) is 32.7 Å². The topological polar surface area (TPSA) is 49.4 Å². The second-order valence-electron chi connectivity index (χ2n) is 6.80. The molecule has 0 radical (unpaired) electrons. The normalized spacial score (nSPS) is 24.2. The summed E-state index contributed by atoms with van der Waals surface area (Å²) in [5.41, 5.74) is 2.24. The van der Waals surface area contributed by atoms with Gasteiger partial charge in [-0.1, -0.05) is 37.6 Å². The van der Waals surface area contributed by atoms with E-state index >= 15 is 0 Å². The first-order valence-electron chi connectivity index (χ1n) is 7.34. The molecule has 0 fully saturated rings. The Hall–Kier alpha value is -1.81. The molecule has 1 N–H and O–H groups in total. The molecule has 0 spiro atoms. The van der Waals surface area contributed by atoms with Gasteiger partial charge in [-0.3, -0.25) is 4.79 Å². The fourth-order valence-corrected chi connectivity index (χ4v) is 3.48. The molecule has 22 heavy (non-hydrogen) atoms. The molecule has 0 saturated carbocycles. The van der Waals surface area contributed by atoms with E-state index in [2.05, 4.69) is 19.2 Å². The van der Waals surface area contributed by atoms with Crippen molar-refractivity contribution in [3.63, 3.8) is 0 Å². The Morgan fingerprint density at radius 1 is 1.27 bits per heavy atom. The zero-order valence-corrected chi connectivity index (χ0v) is 13.7. The Labute approximate surface area is 135 Å². The molecular formula is C17H19ClN2O2. The number of amides is 2. The number of carbonyl (C=O) groups is 2. The highest BCUT2D eigenvalue weighted by Gasteiger charge is 2.42. The van der Waals surface area contributed by atoms with Gasteiger partial charge in [-0.05, 0) is 29.5 Å². The van der Waals surface area contributed by atoms with Crippen molar-refractivity contribution in [1.29, 1.82) is 0 Å². The van der Waals surface area contributed by atoms with Crippen molar-refractivity contribution < 1.29 is 9.59 Å². The molecule has 0 bridgehead atoms. The van der Waals surface area contributed by atoms with E-state index in [1.54, 1.807) is 24.1 Å². The monoisotopic (exact) mass is 318 g/mol. The van der Waals surface area contributed by atoms with Gasteiger partial charge in [0, 0.05) is 29.8 Å². The van der Waals surface area contributed by atoms with Gasteiger partial charge in [0.05, 0.1) is 6.04 Å². The molecule has 1 aliphatic heterocycles. The van der Waals surface area contributed by atoms with E-state index in [4.69, 9.17) is 11.6 Å². The maximum atomic E-state index is 12.7. The van der Waals surface area contributed by atoms with Crippen molar-refractivity contribution >= 4 is 23.4 Å². The number of rotatable bonds is 1. The highest BCUT2D eigenvalue weighted by molar-refractivity contribution is 6.30. The van der Waals surface area contributed by atoms with Gasteiger partial charge < -0.3 is 10.2 Å².